The molecule has 0 aliphatic carbocycles. The van der Waals surface area contributed by atoms with Gasteiger partial charge >= 0.3 is 0 Å². The van der Waals surface area contributed by atoms with E-state index in [4.69, 9.17) is 16.3 Å². The van der Waals surface area contributed by atoms with Crippen LogP contribution in [0.1, 0.15) is 39.2 Å². The Kier molecular flexibility index (Phi) is 9.66. The van der Waals surface area contributed by atoms with Gasteiger partial charge in [-0.1, -0.05) is 53.5 Å². The van der Waals surface area contributed by atoms with E-state index >= 15 is 0 Å². The average Bonchev–Trinajstić information content (AvgIpc) is 2.74. The van der Waals surface area contributed by atoms with Crippen molar-refractivity contribution in [2.24, 2.45) is 0 Å². The number of rotatable bonds is 10. The molecule has 0 aliphatic heterocycles. The molecule has 30 heavy (non-hydrogen) atoms. The second-order valence-corrected chi connectivity index (χ2v) is 8.48. The van der Waals surface area contributed by atoms with Crippen molar-refractivity contribution in [3.63, 3.8) is 0 Å². The molecule has 0 saturated heterocycles. The van der Waals surface area contributed by atoms with E-state index in [9.17, 15) is 9.59 Å². The van der Waals surface area contributed by atoms with Crippen molar-refractivity contribution >= 4 is 39.3 Å². The summed E-state index contributed by atoms with van der Waals surface area (Å²) in [4.78, 5) is 27.6. The van der Waals surface area contributed by atoms with Crippen molar-refractivity contribution in [1.82, 2.24) is 10.2 Å². The van der Waals surface area contributed by atoms with Crippen molar-refractivity contribution in [2.75, 3.05) is 6.61 Å². The van der Waals surface area contributed by atoms with Crippen LogP contribution >= 0.6 is 27.5 Å². The Hall–Kier alpha value is -2.05. The molecule has 162 valence electrons. The molecule has 2 aromatic carbocycles. The molecule has 5 nitrogen and oxygen atoms in total. The number of benzene rings is 2. The van der Waals surface area contributed by atoms with Crippen molar-refractivity contribution in [3.8, 4) is 5.75 Å². The quantitative estimate of drug-likeness (QED) is 0.493. The third-order valence-corrected chi connectivity index (χ3v) is 5.61. The van der Waals surface area contributed by atoms with Crippen LogP contribution in [0.3, 0.4) is 0 Å². The molecule has 2 rings (SSSR count). The number of hydrogen-bond acceptors (Lipinski definition) is 3. The van der Waals surface area contributed by atoms with E-state index in [1.807, 2.05) is 45.0 Å². The number of hydrogen-bond donors (Lipinski definition) is 1. The van der Waals surface area contributed by atoms with Gasteiger partial charge in [-0.05, 0) is 61.7 Å². The van der Waals surface area contributed by atoms with Crippen LogP contribution in [-0.2, 0) is 16.1 Å². The maximum absolute atomic E-state index is 13.1. The van der Waals surface area contributed by atoms with E-state index in [2.05, 4.69) is 21.2 Å². The van der Waals surface area contributed by atoms with E-state index in [-0.39, 0.29) is 24.5 Å². The Labute approximate surface area is 191 Å². The number of halogens is 2. The van der Waals surface area contributed by atoms with Crippen LogP contribution in [0.5, 0.6) is 5.75 Å². The van der Waals surface area contributed by atoms with Gasteiger partial charge in [0.2, 0.25) is 5.91 Å². The number of ether oxygens (including phenoxy) is 1. The summed E-state index contributed by atoms with van der Waals surface area (Å²) in [7, 11) is 0. The summed E-state index contributed by atoms with van der Waals surface area (Å²) in [5.41, 5.74) is 0.895. The predicted molar refractivity (Wildman–Crippen MR) is 124 cm³/mol. The first-order chi connectivity index (χ1) is 14.3. The van der Waals surface area contributed by atoms with Crippen LogP contribution in [0.25, 0.3) is 0 Å². The van der Waals surface area contributed by atoms with E-state index in [1.54, 1.807) is 29.2 Å². The highest BCUT2D eigenvalue weighted by Gasteiger charge is 2.29. The lowest BCUT2D eigenvalue weighted by Gasteiger charge is -2.31. The summed E-state index contributed by atoms with van der Waals surface area (Å²) in [5.74, 6) is 0.187. The molecular formula is C23H28BrClN2O3. The first-order valence-electron chi connectivity index (χ1n) is 10.1. The fourth-order valence-electron chi connectivity index (χ4n) is 2.91. The minimum absolute atomic E-state index is 0.0399. The summed E-state index contributed by atoms with van der Waals surface area (Å²) in [6.07, 6.45) is 1.32. The number of amides is 2. The number of carbonyl (C=O) groups is 2. The SMILES string of the molecule is CCC(C)NC(=O)C(CC)N(Cc1ccc(Cl)cc1)C(=O)COc1ccc(Br)cc1. The molecule has 0 radical (unpaired) electrons. The van der Waals surface area contributed by atoms with Crippen molar-refractivity contribution < 1.29 is 14.3 Å². The fraction of sp³-hybridized carbons (Fsp3) is 0.391. The zero-order valence-electron chi connectivity index (χ0n) is 17.5. The standard InChI is InChI=1S/C23H28BrClN2O3/c1-4-16(3)26-23(29)21(5-2)27(14-17-6-10-19(25)11-7-17)22(28)15-30-20-12-8-18(24)9-13-20/h6-13,16,21H,4-5,14-15H2,1-3H3,(H,26,29). The van der Waals surface area contributed by atoms with Crippen molar-refractivity contribution in [2.45, 2.75) is 52.2 Å². The molecule has 0 aliphatic rings. The summed E-state index contributed by atoms with van der Waals surface area (Å²) in [5, 5.41) is 3.61. The van der Waals surface area contributed by atoms with Crippen LogP contribution in [0.15, 0.2) is 53.0 Å². The number of carbonyl (C=O) groups excluding carboxylic acids is 2. The molecule has 0 fully saturated rings. The summed E-state index contributed by atoms with van der Waals surface area (Å²) < 4.78 is 6.60. The Morgan fingerprint density at radius 3 is 2.27 bits per heavy atom. The minimum Gasteiger partial charge on any atom is -0.484 e. The molecule has 1 N–H and O–H groups in total. The highest BCUT2D eigenvalue weighted by Crippen LogP contribution is 2.18. The normalized spacial score (nSPS) is 12.7. The first kappa shape index (κ1) is 24.2. The molecular weight excluding hydrogens is 468 g/mol. The van der Waals surface area contributed by atoms with Gasteiger partial charge in [0.05, 0.1) is 0 Å². The molecule has 0 heterocycles. The summed E-state index contributed by atoms with van der Waals surface area (Å²) in [6.45, 7) is 6.01. The van der Waals surface area contributed by atoms with Gasteiger partial charge in [0.25, 0.3) is 5.91 Å². The lowest BCUT2D eigenvalue weighted by molar-refractivity contribution is -0.143. The Balaban J connectivity index is 2.19. The predicted octanol–water partition coefficient (Wildman–Crippen LogP) is 5.20. The maximum Gasteiger partial charge on any atom is 0.261 e. The van der Waals surface area contributed by atoms with Crippen LogP contribution in [0, 0.1) is 0 Å². The Morgan fingerprint density at radius 2 is 1.70 bits per heavy atom. The van der Waals surface area contributed by atoms with Crippen LogP contribution in [0.2, 0.25) is 5.02 Å². The second-order valence-electron chi connectivity index (χ2n) is 7.13. The molecule has 2 unspecified atom stereocenters. The average molecular weight is 496 g/mol. The molecule has 2 amide bonds. The largest absolute Gasteiger partial charge is 0.484 e. The van der Waals surface area contributed by atoms with E-state index in [0.29, 0.717) is 23.7 Å². The van der Waals surface area contributed by atoms with E-state index < -0.39 is 6.04 Å². The maximum atomic E-state index is 13.1. The fourth-order valence-corrected chi connectivity index (χ4v) is 3.30. The third kappa shape index (κ3) is 7.33. The lowest BCUT2D eigenvalue weighted by atomic mass is 10.1. The molecule has 2 aromatic rings. The topological polar surface area (TPSA) is 58.6 Å². The van der Waals surface area contributed by atoms with Gasteiger partial charge in [-0.25, -0.2) is 0 Å². The first-order valence-corrected chi connectivity index (χ1v) is 11.2. The monoisotopic (exact) mass is 494 g/mol. The van der Waals surface area contributed by atoms with Gasteiger partial charge in [0, 0.05) is 22.1 Å². The smallest absolute Gasteiger partial charge is 0.261 e. The van der Waals surface area contributed by atoms with Gasteiger partial charge in [-0.2, -0.15) is 0 Å². The van der Waals surface area contributed by atoms with Gasteiger partial charge in [-0.3, -0.25) is 9.59 Å². The molecule has 7 heteroatoms. The Bertz CT molecular complexity index is 827. The van der Waals surface area contributed by atoms with Gasteiger partial charge in [0.15, 0.2) is 6.61 Å². The van der Waals surface area contributed by atoms with Crippen LogP contribution in [0.4, 0.5) is 0 Å². The Morgan fingerprint density at radius 1 is 1.07 bits per heavy atom. The second kappa shape index (κ2) is 12.0. The molecule has 0 aromatic heterocycles. The highest BCUT2D eigenvalue weighted by molar-refractivity contribution is 9.10. The van der Waals surface area contributed by atoms with Gasteiger partial charge < -0.3 is 15.0 Å². The highest BCUT2D eigenvalue weighted by atomic mass is 79.9. The third-order valence-electron chi connectivity index (χ3n) is 4.83. The van der Waals surface area contributed by atoms with E-state index in [1.165, 1.54) is 0 Å². The molecule has 2 atom stereocenters. The van der Waals surface area contributed by atoms with Crippen LogP contribution < -0.4 is 10.1 Å². The summed E-state index contributed by atoms with van der Waals surface area (Å²) in [6, 6.07) is 14.0. The lowest BCUT2D eigenvalue weighted by Crippen LogP contribution is -2.51. The van der Waals surface area contributed by atoms with Gasteiger partial charge in [0.1, 0.15) is 11.8 Å². The molecule has 0 spiro atoms. The molecule has 0 saturated carbocycles. The zero-order valence-corrected chi connectivity index (χ0v) is 19.9. The van der Waals surface area contributed by atoms with Gasteiger partial charge in [-0.15, -0.1) is 0 Å². The van der Waals surface area contributed by atoms with Crippen LogP contribution in [-0.4, -0.2) is 35.4 Å². The zero-order chi connectivity index (χ0) is 22.1. The number of nitrogens with zero attached hydrogens (tertiary/aromatic N) is 1. The van der Waals surface area contributed by atoms with Crippen molar-refractivity contribution in [3.05, 3.63) is 63.6 Å². The number of nitrogens with one attached hydrogen (secondary N) is 1. The van der Waals surface area contributed by atoms with E-state index in [0.717, 1.165) is 16.5 Å². The summed E-state index contributed by atoms with van der Waals surface area (Å²) >= 11 is 9.36. The minimum atomic E-state index is -0.587. The van der Waals surface area contributed by atoms with Crippen molar-refractivity contribution in [1.29, 1.82) is 0 Å². The molecule has 0 bridgehead atoms.